The van der Waals surface area contributed by atoms with E-state index in [0.717, 1.165) is 90.7 Å². The van der Waals surface area contributed by atoms with Crippen molar-refractivity contribution in [3.05, 3.63) is 119 Å². The highest BCUT2D eigenvalue weighted by Gasteiger charge is 2.35. The molecule has 3 saturated heterocycles. The number of alkyl halides is 3. The van der Waals surface area contributed by atoms with Gasteiger partial charge in [-0.3, -0.25) is 23.9 Å². The Kier molecular flexibility index (Phi) is 17.5. The van der Waals surface area contributed by atoms with Crippen LogP contribution >= 0.6 is 11.6 Å². The van der Waals surface area contributed by atoms with Crippen LogP contribution in [0.4, 0.5) is 30.6 Å². The first-order valence-corrected chi connectivity index (χ1v) is 28.2. The molecule has 430 valence electrons. The number of hydrogen-bond acceptors (Lipinski definition) is 15. The molecule has 19 nitrogen and oxygen atoms in total. The van der Waals surface area contributed by atoms with Gasteiger partial charge in [-0.25, -0.2) is 4.98 Å². The lowest BCUT2D eigenvalue weighted by molar-refractivity contribution is -0.132. The zero-order valence-electron chi connectivity index (χ0n) is 45.7. The Labute approximate surface area is 478 Å². The molecule has 4 aliphatic rings. The molecule has 3 fully saturated rings. The quantitative estimate of drug-likeness (QED) is 0.0658. The number of nitriles is 1. The van der Waals surface area contributed by atoms with Crippen LogP contribution in [-0.4, -0.2) is 170 Å². The first-order valence-electron chi connectivity index (χ1n) is 27.9. The Morgan fingerprint density at radius 3 is 2.35 bits per heavy atom. The summed E-state index contributed by atoms with van der Waals surface area (Å²) in [4.78, 5) is 62.7. The standard InChI is InChI=1S/C59H66ClF3N14O5/c1-3-40-31-45(50(79)32-49(40)78)55-69-70-56(57(82)66-37-59(61,62)63)77(55)42-13-11-38(12-14-42)33-71-25-27-72(28-26-71)34-39-17-22-73(23-18-39)52(81)16-21-65-58-67-47-36-74(48-10-6-8-41-7-5-9-46(60)53(41)48)24-19-44(47)54(68-58)75-29-30-76(51(80)4-2)43(35-75)15-20-64/h4-14,31-32,39,43,78-79H,2-3,15-19,21-30,33-37H2,1H3,(H,66,82)(H,65,67,68). The lowest BCUT2D eigenvalue weighted by atomic mass is 9.95. The Bertz CT molecular complexity index is 3370. The minimum Gasteiger partial charge on any atom is -0.508 e. The van der Waals surface area contributed by atoms with E-state index in [1.54, 1.807) is 17.0 Å². The number of phenolic OH excluding ortho intramolecular Hbond substituents is 2. The molecule has 6 heterocycles. The molecular formula is C59H66ClF3N14O5. The molecule has 0 saturated carbocycles. The number of anilines is 3. The maximum absolute atomic E-state index is 13.7. The van der Waals surface area contributed by atoms with Crippen molar-refractivity contribution < 1.29 is 37.8 Å². The van der Waals surface area contributed by atoms with E-state index in [9.17, 15) is 43.0 Å². The molecule has 4 N–H and O–H groups in total. The first kappa shape index (κ1) is 57.2. The Balaban J connectivity index is 0.724. The third kappa shape index (κ3) is 12.9. The number of rotatable bonds is 17. The largest absolute Gasteiger partial charge is 0.508 e. The molecular weight excluding hydrogens is 1080 g/mol. The van der Waals surface area contributed by atoms with E-state index in [0.29, 0.717) is 99.9 Å². The number of halogens is 4. The van der Waals surface area contributed by atoms with Crippen molar-refractivity contribution in [1.29, 1.82) is 5.26 Å². The summed E-state index contributed by atoms with van der Waals surface area (Å²) in [5.41, 5.74) is 4.93. The van der Waals surface area contributed by atoms with Crippen LogP contribution in [0.2, 0.25) is 5.02 Å². The molecule has 0 aliphatic carbocycles. The fourth-order valence-corrected chi connectivity index (χ4v) is 12.0. The summed E-state index contributed by atoms with van der Waals surface area (Å²) >= 11 is 6.79. The number of piperidine rings is 1. The van der Waals surface area contributed by atoms with Crippen molar-refractivity contribution in [2.75, 3.05) is 100 Å². The van der Waals surface area contributed by atoms with Crippen LogP contribution < -0.4 is 20.4 Å². The maximum atomic E-state index is 13.7. The molecule has 0 spiro atoms. The lowest BCUT2D eigenvalue weighted by Crippen LogP contribution is -2.55. The fraction of sp³-hybridized carbons (Fsp3) is 0.424. The maximum Gasteiger partial charge on any atom is 0.405 e. The zero-order valence-corrected chi connectivity index (χ0v) is 46.5. The van der Waals surface area contributed by atoms with Gasteiger partial charge in [0.2, 0.25) is 23.6 Å². The fourth-order valence-electron chi connectivity index (χ4n) is 11.7. The van der Waals surface area contributed by atoms with E-state index in [-0.39, 0.29) is 53.6 Å². The summed E-state index contributed by atoms with van der Waals surface area (Å²) in [6.07, 6.45) is -0.00500. The topological polar surface area (TPSA) is 215 Å². The minimum atomic E-state index is -4.65. The molecule has 82 heavy (non-hydrogen) atoms. The third-order valence-corrected chi connectivity index (χ3v) is 16.4. The Morgan fingerprint density at radius 1 is 0.890 bits per heavy atom. The van der Waals surface area contributed by atoms with Gasteiger partial charge in [0.1, 0.15) is 23.9 Å². The van der Waals surface area contributed by atoms with Gasteiger partial charge < -0.3 is 45.3 Å². The van der Waals surface area contributed by atoms with E-state index in [1.165, 1.54) is 16.7 Å². The van der Waals surface area contributed by atoms with Crippen molar-refractivity contribution in [3.8, 4) is 34.6 Å². The summed E-state index contributed by atoms with van der Waals surface area (Å²) in [5.74, 6) is -0.422. The van der Waals surface area contributed by atoms with Gasteiger partial charge in [0.25, 0.3) is 5.91 Å². The van der Waals surface area contributed by atoms with E-state index < -0.39 is 24.5 Å². The Hall–Kier alpha value is -8.00. The van der Waals surface area contributed by atoms with Gasteiger partial charge in [-0.1, -0.05) is 61.5 Å². The van der Waals surface area contributed by atoms with Crippen LogP contribution in [-0.2, 0) is 35.5 Å². The monoisotopic (exact) mass is 1140 g/mol. The molecule has 0 radical (unpaired) electrons. The number of aromatic nitrogens is 5. The predicted octanol–water partition coefficient (Wildman–Crippen LogP) is 7.33. The molecule has 4 aliphatic heterocycles. The number of amides is 3. The van der Waals surface area contributed by atoms with Crippen LogP contribution in [0.1, 0.15) is 65.6 Å². The molecule has 1 atom stereocenters. The second kappa shape index (κ2) is 25.0. The van der Waals surface area contributed by atoms with Crippen molar-refractivity contribution in [2.24, 2.45) is 5.92 Å². The third-order valence-electron chi connectivity index (χ3n) is 16.1. The SMILES string of the molecule is C=CC(=O)N1CCN(c2nc(NCCC(=O)N3CCC(CN4CCN(Cc5ccc(-n6c(C(=O)NCC(F)(F)F)nnc6-c6cc(CC)c(O)cc6O)cc5)CC4)CC3)nc3c2CCN(c2cccc4cccc(Cl)c24)C3)CC1CC#N. The van der Waals surface area contributed by atoms with Crippen molar-refractivity contribution >= 4 is 57.5 Å². The van der Waals surface area contributed by atoms with E-state index in [1.807, 2.05) is 47.5 Å². The van der Waals surface area contributed by atoms with E-state index in [4.69, 9.17) is 21.6 Å². The molecule has 4 aromatic carbocycles. The number of benzene rings is 4. The van der Waals surface area contributed by atoms with Crippen molar-refractivity contribution in [2.45, 2.75) is 70.8 Å². The smallest absolute Gasteiger partial charge is 0.405 e. The normalized spacial score (nSPS) is 17.4. The number of likely N-dealkylation sites (tertiary alicyclic amines) is 1. The molecule has 23 heteroatoms. The van der Waals surface area contributed by atoms with Crippen LogP contribution in [0, 0.1) is 17.2 Å². The van der Waals surface area contributed by atoms with Gasteiger partial charge in [0.15, 0.2) is 5.82 Å². The van der Waals surface area contributed by atoms with Gasteiger partial charge in [-0.2, -0.15) is 23.4 Å². The summed E-state index contributed by atoms with van der Waals surface area (Å²) in [6.45, 7) is 13.3. The highest BCUT2D eigenvalue weighted by atomic mass is 35.5. The average Bonchev–Trinajstić information content (AvgIpc) is 4.01. The summed E-state index contributed by atoms with van der Waals surface area (Å²) in [7, 11) is 0. The number of fused-ring (bicyclic) bond motifs is 2. The van der Waals surface area contributed by atoms with Gasteiger partial charge in [0, 0.05) is 120 Å². The molecule has 10 rings (SSSR count). The summed E-state index contributed by atoms with van der Waals surface area (Å²) in [5, 5.41) is 46.9. The molecule has 1 unspecified atom stereocenters. The number of aryl methyl sites for hydroxylation is 1. The molecule has 0 bridgehead atoms. The predicted molar refractivity (Wildman–Crippen MR) is 306 cm³/mol. The Morgan fingerprint density at radius 2 is 1.63 bits per heavy atom. The second-order valence-electron chi connectivity index (χ2n) is 21.4. The van der Waals surface area contributed by atoms with Crippen molar-refractivity contribution in [1.82, 2.24) is 49.6 Å². The number of carbonyl (C=O) groups is 3. The van der Waals surface area contributed by atoms with Gasteiger partial charge in [-0.15, -0.1) is 10.2 Å². The van der Waals surface area contributed by atoms with Crippen LogP contribution in [0.25, 0.3) is 27.8 Å². The molecule has 6 aromatic rings. The van der Waals surface area contributed by atoms with Crippen LogP contribution in [0.5, 0.6) is 11.5 Å². The summed E-state index contributed by atoms with van der Waals surface area (Å²) in [6, 6.07) is 23.9. The highest BCUT2D eigenvalue weighted by molar-refractivity contribution is 6.36. The first-order chi connectivity index (χ1) is 39.6. The summed E-state index contributed by atoms with van der Waals surface area (Å²) < 4.78 is 40.6. The number of piperazine rings is 2. The second-order valence-corrected chi connectivity index (χ2v) is 21.8. The number of aromatic hydroxyl groups is 2. The van der Waals surface area contributed by atoms with E-state index in [2.05, 4.69) is 66.0 Å². The number of carbonyl (C=O) groups excluding carboxylic acids is 3. The lowest BCUT2D eigenvalue weighted by Gasteiger charge is -2.42. The molecule has 3 amide bonds. The van der Waals surface area contributed by atoms with Gasteiger partial charge in [-0.05, 0) is 84.5 Å². The van der Waals surface area contributed by atoms with Crippen molar-refractivity contribution in [3.63, 3.8) is 0 Å². The number of hydrogen-bond donors (Lipinski definition) is 4. The average molecular weight is 1140 g/mol. The highest BCUT2D eigenvalue weighted by Crippen LogP contribution is 2.39. The van der Waals surface area contributed by atoms with Gasteiger partial charge in [0.05, 0.1) is 41.4 Å². The zero-order chi connectivity index (χ0) is 57.7. The van der Waals surface area contributed by atoms with E-state index >= 15 is 0 Å². The number of nitrogens with zero attached hydrogens (tertiary/aromatic N) is 12. The van der Waals surface area contributed by atoms with Gasteiger partial charge >= 0.3 is 6.18 Å². The van der Waals surface area contributed by atoms with Crippen LogP contribution in [0.3, 0.4) is 0 Å². The number of phenols is 2. The number of nitrogens with one attached hydrogen (secondary N) is 2. The minimum absolute atomic E-state index is 0.0172. The molecule has 2 aromatic heterocycles. The van der Waals surface area contributed by atoms with Crippen LogP contribution in [0.15, 0.2) is 85.5 Å².